The lowest BCUT2D eigenvalue weighted by Gasteiger charge is -2.19. The van der Waals surface area contributed by atoms with Crippen molar-refractivity contribution in [3.63, 3.8) is 0 Å². The number of halogens is 3. The standard InChI is InChI=1S/C23H23F3O8/c1-4-32-22(29)16-17(23(24,25)26)13-9-11(19(16)34-13)7-5-6-10-8-12-14(20(27)30-2)15(18(10)33-12)21(28)31-3/h8-9,12-13,18-19H,4-7H2,1-3H3. The van der Waals surface area contributed by atoms with Gasteiger partial charge in [0.25, 0.3) is 0 Å². The highest BCUT2D eigenvalue weighted by Gasteiger charge is 2.54. The smallest absolute Gasteiger partial charge is 0.416 e. The van der Waals surface area contributed by atoms with Crippen LogP contribution in [0.1, 0.15) is 26.2 Å². The molecule has 4 unspecified atom stereocenters. The maximum Gasteiger partial charge on any atom is 0.416 e. The Morgan fingerprint density at radius 3 is 1.94 bits per heavy atom. The fraction of sp³-hybridized carbons (Fsp3) is 0.522. The third-order valence-corrected chi connectivity index (χ3v) is 6.19. The van der Waals surface area contributed by atoms with Crippen LogP contribution < -0.4 is 0 Å². The zero-order chi connectivity index (χ0) is 24.8. The van der Waals surface area contributed by atoms with Gasteiger partial charge in [-0.3, -0.25) is 0 Å². The second kappa shape index (κ2) is 9.03. The van der Waals surface area contributed by atoms with Crippen LogP contribution in [0.15, 0.2) is 45.6 Å². The Hall–Kier alpha value is -2.92. The normalized spacial score (nSPS) is 27.2. The van der Waals surface area contributed by atoms with E-state index in [9.17, 15) is 27.6 Å². The van der Waals surface area contributed by atoms with Crippen LogP contribution in [0.3, 0.4) is 0 Å². The molecule has 0 aromatic heterocycles. The first kappa shape index (κ1) is 24.2. The predicted octanol–water partition coefficient (Wildman–Crippen LogP) is 2.64. The number of ether oxygens (including phenoxy) is 5. The Morgan fingerprint density at radius 1 is 0.853 bits per heavy atom. The van der Waals surface area contributed by atoms with E-state index in [4.69, 9.17) is 23.7 Å². The van der Waals surface area contributed by atoms with Crippen molar-refractivity contribution in [2.45, 2.75) is 56.8 Å². The first-order valence-corrected chi connectivity index (χ1v) is 10.7. The van der Waals surface area contributed by atoms with Crippen LogP contribution in [0.4, 0.5) is 13.2 Å². The van der Waals surface area contributed by atoms with E-state index in [1.54, 1.807) is 6.08 Å². The number of alkyl halides is 3. The average molecular weight is 484 g/mol. The summed E-state index contributed by atoms with van der Waals surface area (Å²) in [5.74, 6) is -2.39. The van der Waals surface area contributed by atoms with Gasteiger partial charge in [-0.1, -0.05) is 0 Å². The van der Waals surface area contributed by atoms with Gasteiger partial charge in [0.2, 0.25) is 0 Å². The van der Waals surface area contributed by atoms with Crippen LogP contribution >= 0.6 is 0 Å². The van der Waals surface area contributed by atoms with Gasteiger partial charge < -0.3 is 23.7 Å². The molecule has 0 saturated heterocycles. The van der Waals surface area contributed by atoms with Crippen LogP contribution in [0.2, 0.25) is 0 Å². The lowest BCUT2D eigenvalue weighted by atomic mass is 9.86. The van der Waals surface area contributed by atoms with E-state index in [1.165, 1.54) is 27.2 Å². The maximum absolute atomic E-state index is 13.5. The highest BCUT2D eigenvalue weighted by atomic mass is 19.4. The summed E-state index contributed by atoms with van der Waals surface area (Å²) in [6.45, 7) is 1.47. The minimum atomic E-state index is -4.71. The van der Waals surface area contributed by atoms with Gasteiger partial charge in [0.15, 0.2) is 0 Å². The minimum Gasteiger partial charge on any atom is -0.466 e. The second-order valence-corrected chi connectivity index (χ2v) is 8.07. The third-order valence-electron chi connectivity index (χ3n) is 6.19. The Morgan fingerprint density at radius 2 is 1.38 bits per heavy atom. The fourth-order valence-electron chi connectivity index (χ4n) is 4.84. The minimum absolute atomic E-state index is 0.0514. The van der Waals surface area contributed by atoms with Gasteiger partial charge in [0.1, 0.15) is 24.4 Å². The summed E-state index contributed by atoms with van der Waals surface area (Å²) in [6, 6.07) is 0. The molecule has 0 saturated carbocycles. The summed E-state index contributed by atoms with van der Waals surface area (Å²) in [4.78, 5) is 36.6. The summed E-state index contributed by atoms with van der Waals surface area (Å²) < 4.78 is 66.1. The van der Waals surface area contributed by atoms with Gasteiger partial charge in [-0.05, 0) is 49.5 Å². The van der Waals surface area contributed by atoms with E-state index < -0.39 is 59.6 Å². The summed E-state index contributed by atoms with van der Waals surface area (Å²) in [6.07, 6.45) is -4.15. The first-order chi connectivity index (χ1) is 16.1. The van der Waals surface area contributed by atoms with Crippen molar-refractivity contribution >= 4 is 17.9 Å². The number of carbonyl (C=O) groups is 3. The van der Waals surface area contributed by atoms with Crippen molar-refractivity contribution in [2.75, 3.05) is 20.8 Å². The monoisotopic (exact) mass is 484 g/mol. The quantitative estimate of drug-likeness (QED) is 0.295. The van der Waals surface area contributed by atoms with E-state index in [0.29, 0.717) is 24.8 Å². The van der Waals surface area contributed by atoms with Crippen molar-refractivity contribution in [3.05, 3.63) is 45.6 Å². The lowest BCUT2D eigenvalue weighted by Crippen LogP contribution is -2.27. The van der Waals surface area contributed by atoms with Crippen molar-refractivity contribution < 1.29 is 51.2 Å². The van der Waals surface area contributed by atoms with Crippen molar-refractivity contribution in [3.8, 4) is 0 Å². The summed E-state index contributed by atoms with van der Waals surface area (Å²) >= 11 is 0. The molecule has 0 aromatic carbocycles. The molecule has 0 aromatic rings. The van der Waals surface area contributed by atoms with E-state index in [1.807, 2.05) is 0 Å². The zero-order valence-electron chi connectivity index (χ0n) is 18.7. The maximum atomic E-state index is 13.5. The molecule has 4 atom stereocenters. The molecule has 4 rings (SSSR count). The van der Waals surface area contributed by atoms with E-state index >= 15 is 0 Å². The third kappa shape index (κ3) is 3.96. The lowest BCUT2D eigenvalue weighted by molar-refractivity contribution is -0.140. The van der Waals surface area contributed by atoms with Gasteiger partial charge >= 0.3 is 24.1 Å². The molecule has 8 nitrogen and oxygen atoms in total. The molecule has 4 aliphatic heterocycles. The Balaban J connectivity index is 1.44. The number of carbonyl (C=O) groups excluding carboxylic acids is 3. The highest BCUT2D eigenvalue weighted by molar-refractivity contribution is 6.04. The van der Waals surface area contributed by atoms with Gasteiger partial charge in [0.05, 0.1) is 43.1 Å². The molecule has 0 radical (unpaired) electrons. The molecule has 0 spiro atoms. The molecule has 0 aliphatic carbocycles. The molecule has 0 amide bonds. The molecule has 11 heteroatoms. The first-order valence-electron chi connectivity index (χ1n) is 10.7. The van der Waals surface area contributed by atoms with Crippen molar-refractivity contribution in [2.24, 2.45) is 0 Å². The second-order valence-electron chi connectivity index (χ2n) is 8.07. The largest absolute Gasteiger partial charge is 0.466 e. The van der Waals surface area contributed by atoms with E-state index in [-0.39, 0.29) is 17.8 Å². The zero-order valence-corrected chi connectivity index (χ0v) is 18.7. The number of esters is 3. The number of hydrogen-bond donors (Lipinski definition) is 0. The van der Waals surface area contributed by atoms with Gasteiger partial charge in [-0.25, -0.2) is 14.4 Å². The van der Waals surface area contributed by atoms with E-state index in [0.717, 1.165) is 5.57 Å². The predicted molar refractivity (Wildman–Crippen MR) is 108 cm³/mol. The van der Waals surface area contributed by atoms with Crippen molar-refractivity contribution in [1.82, 2.24) is 0 Å². The molecular weight excluding hydrogens is 461 g/mol. The van der Waals surface area contributed by atoms with Crippen LogP contribution in [0, 0.1) is 0 Å². The molecule has 4 bridgehead atoms. The molecule has 184 valence electrons. The van der Waals surface area contributed by atoms with Crippen LogP contribution in [0.5, 0.6) is 0 Å². The topological polar surface area (TPSA) is 97.4 Å². The molecular formula is C23H23F3O8. The Bertz CT molecular complexity index is 1050. The number of rotatable bonds is 8. The SMILES string of the molecule is CCOC(=O)C1=C(C(F)(F)F)C2C=C(CCCC3=CC4OC3C(C(=O)OC)=C4C(=O)OC)C1O2. The Kier molecular flexibility index (Phi) is 6.43. The van der Waals surface area contributed by atoms with Gasteiger partial charge in [0, 0.05) is 0 Å². The van der Waals surface area contributed by atoms with Crippen LogP contribution in [0.25, 0.3) is 0 Å². The molecule has 34 heavy (non-hydrogen) atoms. The number of hydrogen-bond acceptors (Lipinski definition) is 8. The van der Waals surface area contributed by atoms with Crippen molar-refractivity contribution in [1.29, 1.82) is 0 Å². The number of methoxy groups -OCH3 is 2. The van der Waals surface area contributed by atoms with Crippen LogP contribution in [-0.2, 0) is 38.1 Å². The van der Waals surface area contributed by atoms with Crippen LogP contribution in [-0.4, -0.2) is 69.3 Å². The van der Waals surface area contributed by atoms with Gasteiger partial charge in [-0.2, -0.15) is 13.2 Å². The summed E-state index contributed by atoms with van der Waals surface area (Å²) in [5, 5.41) is 0. The average Bonchev–Trinajstić information content (AvgIpc) is 3.55. The highest BCUT2D eigenvalue weighted by Crippen LogP contribution is 2.48. The fourth-order valence-corrected chi connectivity index (χ4v) is 4.84. The molecule has 4 heterocycles. The van der Waals surface area contributed by atoms with E-state index in [2.05, 4.69) is 0 Å². The Labute approximate surface area is 193 Å². The molecule has 0 fully saturated rings. The molecule has 4 aliphatic rings. The molecule has 0 N–H and O–H groups in total. The summed E-state index contributed by atoms with van der Waals surface area (Å²) in [7, 11) is 2.40. The summed E-state index contributed by atoms with van der Waals surface area (Å²) in [5.41, 5.74) is 0.0486. The van der Waals surface area contributed by atoms with Gasteiger partial charge in [-0.15, -0.1) is 0 Å². The number of fused-ring (bicyclic) bond motifs is 4.